The van der Waals surface area contributed by atoms with Gasteiger partial charge >= 0.3 is 0 Å². The van der Waals surface area contributed by atoms with Crippen LogP contribution in [0.15, 0.2) is 24.3 Å². The number of para-hydroxylation sites is 1. The maximum absolute atomic E-state index is 12.6. The molecule has 1 aliphatic heterocycles. The van der Waals surface area contributed by atoms with Crippen molar-refractivity contribution in [1.29, 1.82) is 0 Å². The Balaban J connectivity index is 1.59. The van der Waals surface area contributed by atoms with E-state index in [9.17, 15) is 14.4 Å². The highest BCUT2D eigenvalue weighted by atomic mass is 16.2. The average Bonchev–Trinajstić information content (AvgIpc) is 3.15. The van der Waals surface area contributed by atoms with Crippen LogP contribution >= 0.6 is 0 Å². The third-order valence-corrected chi connectivity index (χ3v) is 5.57. The first kappa shape index (κ1) is 19.4. The number of quaternary nitrogens is 1. The number of carbonyl (C=O) groups excluding carboxylic acids is 3. The number of primary amides is 1. The van der Waals surface area contributed by atoms with Crippen LogP contribution < -0.4 is 21.3 Å². The molecule has 2 atom stereocenters. The third kappa shape index (κ3) is 5.29. The molecule has 5 N–H and O–H groups in total. The van der Waals surface area contributed by atoms with Gasteiger partial charge in [0.15, 0.2) is 6.54 Å². The molecule has 1 aromatic carbocycles. The van der Waals surface area contributed by atoms with Gasteiger partial charge in [-0.05, 0) is 37.8 Å². The molecule has 0 bridgehead atoms. The molecule has 7 nitrogen and oxygen atoms in total. The molecule has 1 saturated carbocycles. The molecule has 0 radical (unpaired) electrons. The summed E-state index contributed by atoms with van der Waals surface area (Å²) in [4.78, 5) is 37.5. The van der Waals surface area contributed by atoms with E-state index in [-0.39, 0.29) is 36.2 Å². The zero-order chi connectivity index (χ0) is 19.2. The zero-order valence-electron chi connectivity index (χ0n) is 15.6. The van der Waals surface area contributed by atoms with Crippen molar-refractivity contribution in [3.8, 4) is 0 Å². The second-order valence-corrected chi connectivity index (χ2v) is 7.67. The molecule has 3 amide bonds. The highest BCUT2D eigenvalue weighted by Crippen LogP contribution is 2.20. The Morgan fingerprint density at radius 3 is 2.56 bits per heavy atom. The highest BCUT2D eigenvalue weighted by molar-refractivity contribution is 6.04. The van der Waals surface area contributed by atoms with Crippen LogP contribution in [0.4, 0.5) is 5.69 Å². The summed E-state index contributed by atoms with van der Waals surface area (Å²) >= 11 is 0. The smallest absolute Gasteiger partial charge is 0.279 e. The van der Waals surface area contributed by atoms with Gasteiger partial charge in [-0.1, -0.05) is 25.0 Å². The number of rotatable bonds is 6. The first-order valence-corrected chi connectivity index (χ1v) is 9.85. The van der Waals surface area contributed by atoms with Crippen molar-refractivity contribution in [1.82, 2.24) is 5.32 Å². The number of hydrogen-bond donors (Lipinski definition) is 4. The Morgan fingerprint density at radius 1 is 1.07 bits per heavy atom. The normalized spacial score (nSPS) is 23.0. The molecule has 2 fully saturated rings. The van der Waals surface area contributed by atoms with Crippen LogP contribution in [-0.2, 0) is 9.59 Å². The lowest BCUT2D eigenvalue weighted by atomic mass is 9.97. The number of amides is 3. The first-order chi connectivity index (χ1) is 13.0. The van der Waals surface area contributed by atoms with Crippen molar-refractivity contribution in [2.75, 3.05) is 25.0 Å². The lowest BCUT2D eigenvalue weighted by molar-refractivity contribution is -0.899. The van der Waals surface area contributed by atoms with Gasteiger partial charge in [0.2, 0.25) is 5.91 Å². The quantitative estimate of drug-likeness (QED) is 0.567. The molecular weight excluding hydrogens is 344 g/mol. The first-order valence-electron chi connectivity index (χ1n) is 9.85. The fourth-order valence-electron chi connectivity index (χ4n) is 4.10. The van der Waals surface area contributed by atoms with Gasteiger partial charge in [0.1, 0.15) is 0 Å². The lowest BCUT2D eigenvalue weighted by Crippen LogP contribution is -3.14. The number of carbonyl (C=O) groups is 3. The van der Waals surface area contributed by atoms with Gasteiger partial charge in [0.05, 0.1) is 30.3 Å². The Labute approximate surface area is 159 Å². The van der Waals surface area contributed by atoms with Gasteiger partial charge in [-0.2, -0.15) is 0 Å². The molecule has 1 saturated heterocycles. The van der Waals surface area contributed by atoms with Gasteiger partial charge in [-0.15, -0.1) is 0 Å². The van der Waals surface area contributed by atoms with E-state index in [1.807, 2.05) is 0 Å². The Kier molecular flexibility index (Phi) is 6.45. The van der Waals surface area contributed by atoms with Crippen LogP contribution in [0.3, 0.4) is 0 Å². The third-order valence-electron chi connectivity index (χ3n) is 5.57. The van der Waals surface area contributed by atoms with Crippen molar-refractivity contribution >= 4 is 23.4 Å². The highest BCUT2D eigenvalue weighted by Gasteiger charge is 2.28. The number of nitrogens with one attached hydrogen (secondary N) is 3. The Morgan fingerprint density at radius 2 is 1.81 bits per heavy atom. The predicted octanol–water partition coefficient (Wildman–Crippen LogP) is 0.0777. The molecule has 0 spiro atoms. The Bertz CT molecular complexity index is 700. The van der Waals surface area contributed by atoms with E-state index in [1.165, 1.54) is 0 Å². The van der Waals surface area contributed by atoms with Crippen molar-refractivity contribution < 1.29 is 19.3 Å². The van der Waals surface area contributed by atoms with Gasteiger partial charge in [0, 0.05) is 6.04 Å². The van der Waals surface area contributed by atoms with E-state index in [0.29, 0.717) is 17.8 Å². The second kappa shape index (κ2) is 8.99. The van der Waals surface area contributed by atoms with Crippen LogP contribution in [0.2, 0.25) is 0 Å². The molecule has 7 heteroatoms. The standard InChI is InChI=1S/C20H28N4O3/c21-19(26)14-6-5-11-24(12-14)13-18(25)23-17-10-4-3-9-16(17)20(27)22-15-7-1-2-8-15/h3-4,9-10,14-15H,1-2,5-8,11-13H2,(H2,21,26)(H,22,27)(H,23,25)/p+1/t14-/m0/s1. The molecule has 2 aliphatic rings. The molecule has 1 heterocycles. The number of hydrogen-bond acceptors (Lipinski definition) is 3. The van der Waals surface area contributed by atoms with Crippen molar-refractivity contribution in [2.24, 2.45) is 11.7 Å². The van der Waals surface area contributed by atoms with Gasteiger partial charge in [-0.3, -0.25) is 14.4 Å². The largest absolute Gasteiger partial charge is 0.369 e. The fourth-order valence-corrected chi connectivity index (χ4v) is 4.10. The number of piperidine rings is 1. The summed E-state index contributed by atoms with van der Waals surface area (Å²) in [5.74, 6) is -0.749. The predicted molar refractivity (Wildman–Crippen MR) is 102 cm³/mol. The molecule has 0 aromatic heterocycles. The molecule has 1 aromatic rings. The minimum atomic E-state index is -0.290. The number of likely N-dealkylation sites (tertiary alicyclic amines) is 1. The topological polar surface area (TPSA) is 106 Å². The second-order valence-electron chi connectivity index (χ2n) is 7.67. The number of nitrogens with two attached hydrogens (primary N) is 1. The fraction of sp³-hybridized carbons (Fsp3) is 0.550. The summed E-state index contributed by atoms with van der Waals surface area (Å²) in [6, 6.07) is 7.31. The zero-order valence-corrected chi connectivity index (χ0v) is 15.6. The van der Waals surface area contributed by atoms with E-state index in [2.05, 4.69) is 10.6 Å². The maximum Gasteiger partial charge on any atom is 0.279 e. The van der Waals surface area contributed by atoms with Crippen molar-refractivity contribution in [3.63, 3.8) is 0 Å². The summed E-state index contributed by atoms with van der Waals surface area (Å²) in [7, 11) is 0. The minimum absolute atomic E-state index is 0.142. The molecule has 3 rings (SSSR count). The number of anilines is 1. The van der Waals surface area contributed by atoms with E-state index >= 15 is 0 Å². The van der Waals surface area contributed by atoms with Crippen LogP contribution in [-0.4, -0.2) is 43.4 Å². The molecule has 1 aliphatic carbocycles. The van der Waals surface area contributed by atoms with E-state index < -0.39 is 0 Å². The SMILES string of the molecule is NC(=O)[C@H]1CCC[NH+](CC(=O)Nc2ccccc2C(=O)NC2CCCC2)C1. The molecule has 146 valence electrons. The average molecular weight is 373 g/mol. The molecule has 27 heavy (non-hydrogen) atoms. The number of benzene rings is 1. The maximum atomic E-state index is 12.6. The van der Waals surface area contributed by atoms with Gasteiger partial charge in [0.25, 0.3) is 11.8 Å². The summed E-state index contributed by atoms with van der Waals surface area (Å²) in [6.45, 7) is 1.70. The van der Waals surface area contributed by atoms with E-state index in [0.717, 1.165) is 50.0 Å². The van der Waals surface area contributed by atoms with E-state index in [1.54, 1.807) is 24.3 Å². The van der Waals surface area contributed by atoms with Crippen molar-refractivity contribution in [3.05, 3.63) is 29.8 Å². The van der Waals surface area contributed by atoms with Crippen molar-refractivity contribution in [2.45, 2.75) is 44.6 Å². The van der Waals surface area contributed by atoms with Crippen LogP contribution in [0.1, 0.15) is 48.9 Å². The van der Waals surface area contributed by atoms with Gasteiger partial charge in [-0.25, -0.2) is 0 Å². The Hall–Kier alpha value is -2.41. The summed E-state index contributed by atoms with van der Waals surface area (Å²) < 4.78 is 0. The summed E-state index contributed by atoms with van der Waals surface area (Å²) in [5.41, 5.74) is 6.42. The minimum Gasteiger partial charge on any atom is -0.369 e. The molecule has 1 unspecified atom stereocenters. The van der Waals surface area contributed by atoms with Crippen LogP contribution in [0.25, 0.3) is 0 Å². The van der Waals surface area contributed by atoms with Gasteiger partial charge < -0.3 is 21.3 Å². The monoisotopic (exact) mass is 373 g/mol. The van der Waals surface area contributed by atoms with Crippen LogP contribution in [0.5, 0.6) is 0 Å². The molecular formula is C20H29N4O3+. The summed E-state index contributed by atoms with van der Waals surface area (Å²) in [6.07, 6.45) is 6.00. The summed E-state index contributed by atoms with van der Waals surface area (Å²) in [5, 5.41) is 5.93. The lowest BCUT2D eigenvalue weighted by Gasteiger charge is -2.27. The van der Waals surface area contributed by atoms with Crippen LogP contribution in [0, 0.1) is 5.92 Å². The van der Waals surface area contributed by atoms with E-state index in [4.69, 9.17) is 5.73 Å².